The molecule has 3 aromatic heterocycles. The molecule has 7 rings (SSSR count). The van der Waals surface area contributed by atoms with E-state index in [0.717, 1.165) is 54.9 Å². The summed E-state index contributed by atoms with van der Waals surface area (Å²) in [6.45, 7) is 4.29. The highest BCUT2D eigenvalue weighted by molar-refractivity contribution is 7.22. The fourth-order valence-corrected chi connectivity index (χ4v) is 6.27. The van der Waals surface area contributed by atoms with E-state index in [1.165, 1.54) is 17.7 Å². The first-order valence-electron chi connectivity index (χ1n) is 13.2. The van der Waals surface area contributed by atoms with Crippen LogP contribution in [0.2, 0.25) is 0 Å². The lowest BCUT2D eigenvalue weighted by molar-refractivity contribution is 0.660. The van der Waals surface area contributed by atoms with Gasteiger partial charge in [-0.25, -0.2) is 19.7 Å². The van der Waals surface area contributed by atoms with Gasteiger partial charge < -0.3 is 11.5 Å². The third-order valence-corrected chi connectivity index (χ3v) is 8.32. The Balaban J connectivity index is 1.45. The Kier molecular flexibility index (Phi) is 5.79. The standard InChI is InChI=1S/C31H26N8OS/c1-17-6-3-4-9-24(17)39-21(12-19-8-5-7-18(2)27(19)30(39)40)15-38-29-22(14-26(32)34-16-35-29)28(37-38)20-10-11-25-23(13-20)36-31(33)41-25/h3-13,16H,14-15H2,1-2H3,(H2,33,36)(H2,32,34,35). The van der Waals surface area contributed by atoms with Crippen LogP contribution in [-0.4, -0.2) is 31.5 Å². The molecule has 0 unspecified atom stereocenters. The van der Waals surface area contributed by atoms with Crippen molar-refractivity contribution in [3.8, 4) is 16.9 Å². The van der Waals surface area contributed by atoms with Gasteiger partial charge in [-0.2, -0.15) is 5.10 Å². The molecule has 0 atom stereocenters. The molecule has 0 amide bonds. The Bertz CT molecular complexity index is 2130. The predicted octanol–water partition coefficient (Wildman–Crippen LogP) is 5.28. The Labute approximate surface area is 239 Å². The lowest BCUT2D eigenvalue weighted by Crippen LogP contribution is -2.25. The molecule has 3 aromatic carbocycles. The first kappa shape index (κ1) is 24.9. The molecule has 202 valence electrons. The van der Waals surface area contributed by atoms with Gasteiger partial charge in [0.1, 0.15) is 12.2 Å². The minimum Gasteiger partial charge on any atom is -0.387 e. The predicted molar refractivity (Wildman–Crippen MR) is 167 cm³/mol. The van der Waals surface area contributed by atoms with Gasteiger partial charge in [0, 0.05) is 23.2 Å². The summed E-state index contributed by atoms with van der Waals surface area (Å²) in [6.07, 6.45) is 1.86. The van der Waals surface area contributed by atoms with E-state index in [1.807, 2.05) is 79.2 Å². The summed E-state index contributed by atoms with van der Waals surface area (Å²) in [5, 5.41) is 7.16. The van der Waals surface area contributed by atoms with Crippen molar-refractivity contribution >= 4 is 55.4 Å². The molecule has 1 aliphatic heterocycles. The Hall–Kier alpha value is -5.09. The van der Waals surface area contributed by atoms with E-state index in [1.54, 1.807) is 4.57 Å². The number of para-hydroxylation sites is 1. The summed E-state index contributed by atoms with van der Waals surface area (Å²) in [4.78, 5) is 27.5. The Morgan fingerprint density at radius 3 is 2.66 bits per heavy atom. The van der Waals surface area contributed by atoms with Crippen molar-refractivity contribution in [3.05, 3.63) is 99.5 Å². The van der Waals surface area contributed by atoms with Crippen LogP contribution in [0, 0.1) is 13.8 Å². The topological polar surface area (TPSA) is 129 Å². The van der Waals surface area contributed by atoms with E-state index >= 15 is 0 Å². The Morgan fingerprint density at radius 1 is 0.976 bits per heavy atom. The van der Waals surface area contributed by atoms with Crippen LogP contribution in [-0.2, 0) is 13.0 Å². The number of nitrogen functional groups attached to an aromatic ring is 1. The van der Waals surface area contributed by atoms with Crippen LogP contribution >= 0.6 is 11.3 Å². The molecular formula is C31H26N8OS. The van der Waals surface area contributed by atoms with E-state index < -0.39 is 0 Å². The number of amidine groups is 1. The molecule has 10 heteroatoms. The smallest absolute Gasteiger partial charge is 0.263 e. The highest BCUT2D eigenvalue weighted by atomic mass is 32.1. The average Bonchev–Trinajstić information content (AvgIpc) is 3.40. The van der Waals surface area contributed by atoms with E-state index in [-0.39, 0.29) is 5.56 Å². The number of fused-ring (bicyclic) bond motifs is 3. The second kappa shape index (κ2) is 9.53. The number of anilines is 1. The lowest BCUT2D eigenvalue weighted by Gasteiger charge is -2.18. The third-order valence-electron chi connectivity index (χ3n) is 7.46. The van der Waals surface area contributed by atoms with Gasteiger partial charge in [-0.15, -0.1) is 0 Å². The van der Waals surface area contributed by atoms with Crippen molar-refractivity contribution in [2.75, 3.05) is 5.73 Å². The molecule has 4 heterocycles. The molecule has 6 aromatic rings. The second-order valence-corrected chi connectivity index (χ2v) is 11.2. The zero-order valence-electron chi connectivity index (χ0n) is 22.5. The number of pyridine rings is 1. The number of nitrogens with two attached hydrogens (primary N) is 2. The normalized spacial score (nSPS) is 13.0. The van der Waals surface area contributed by atoms with Crippen LogP contribution < -0.4 is 17.0 Å². The SMILES string of the molecule is Cc1ccccc1-n1c(Cn2nc(-c3ccc4sc(N)nc4c3)c3c2N=CN=C(N)C3)cc2cccc(C)c2c1=O. The summed E-state index contributed by atoms with van der Waals surface area (Å²) >= 11 is 1.45. The first-order valence-corrected chi connectivity index (χ1v) is 14.0. The van der Waals surface area contributed by atoms with Gasteiger partial charge in [-0.1, -0.05) is 53.8 Å². The van der Waals surface area contributed by atoms with Crippen LogP contribution in [0.25, 0.3) is 37.9 Å². The molecule has 0 spiro atoms. The summed E-state index contributed by atoms with van der Waals surface area (Å²) in [5.41, 5.74) is 19.0. The summed E-state index contributed by atoms with van der Waals surface area (Å²) in [5.74, 6) is 1.10. The van der Waals surface area contributed by atoms with Crippen LogP contribution in [0.15, 0.2) is 81.5 Å². The van der Waals surface area contributed by atoms with Gasteiger partial charge in [-0.3, -0.25) is 9.36 Å². The number of aliphatic imine (C=N–C) groups is 2. The largest absolute Gasteiger partial charge is 0.387 e. The maximum absolute atomic E-state index is 14.1. The van der Waals surface area contributed by atoms with Gasteiger partial charge >= 0.3 is 0 Å². The van der Waals surface area contributed by atoms with Gasteiger partial charge in [-0.05, 0) is 54.6 Å². The van der Waals surface area contributed by atoms with E-state index in [2.05, 4.69) is 21.0 Å². The molecule has 0 bridgehead atoms. The molecular weight excluding hydrogens is 532 g/mol. The van der Waals surface area contributed by atoms with E-state index in [4.69, 9.17) is 16.6 Å². The van der Waals surface area contributed by atoms with Gasteiger partial charge in [0.05, 0.1) is 33.5 Å². The summed E-state index contributed by atoms with van der Waals surface area (Å²) in [7, 11) is 0. The Morgan fingerprint density at radius 2 is 1.80 bits per heavy atom. The maximum Gasteiger partial charge on any atom is 0.263 e. The highest BCUT2D eigenvalue weighted by Gasteiger charge is 2.23. The number of nitrogens with zero attached hydrogens (tertiary/aromatic N) is 6. The van der Waals surface area contributed by atoms with Crippen molar-refractivity contribution in [2.24, 2.45) is 15.7 Å². The summed E-state index contributed by atoms with van der Waals surface area (Å²) < 4.78 is 4.64. The second-order valence-electron chi connectivity index (χ2n) is 10.2. The number of hydrogen-bond acceptors (Lipinski definition) is 8. The van der Waals surface area contributed by atoms with Gasteiger partial charge in [0.2, 0.25) is 0 Å². The molecule has 0 saturated heterocycles. The average molecular weight is 559 g/mol. The lowest BCUT2D eigenvalue weighted by atomic mass is 10.0. The third kappa shape index (κ3) is 4.20. The molecule has 1 aliphatic rings. The zero-order chi connectivity index (χ0) is 28.2. The van der Waals surface area contributed by atoms with Crippen molar-refractivity contribution < 1.29 is 0 Å². The van der Waals surface area contributed by atoms with Crippen molar-refractivity contribution in [3.63, 3.8) is 0 Å². The van der Waals surface area contributed by atoms with E-state index in [0.29, 0.717) is 35.1 Å². The summed E-state index contributed by atoms with van der Waals surface area (Å²) in [6, 6.07) is 21.9. The maximum atomic E-state index is 14.1. The minimum atomic E-state index is -0.0639. The zero-order valence-corrected chi connectivity index (χ0v) is 23.3. The van der Waals surface area contributed by atoms with Crippen LogP contribution in [0.5, 0.6) is 0 Å². The minimum absolute atomic E-state index is 0.0639. The molecule has 0 fully saturated rings. The molecule has 4 N–H and O–H groups in total. The van der Waals surface area contributed by atoms with Crippen molar-refractivity contribution in [1.82, 2.24) is 19.3 Å². The quantitative estimate of drug-likeness (QED) is 0.304. The van der Waals surface area contributed by atoms with Gasteiger partial charge in [0.25, 0.3) is 5.56 Å². The number of rotatable bonds is 4. The van der Waals surface area contributed by atoms with Gasteiger partial charge in [0.15, 0.2) is 10.9 Å². The number of thiazole rings is 1. The number of aromatic nitrogens is 4. The van der Waals surface area contributed by atoms with Crippen molar-refractivity contribution in [2.45, 2.75) is 26.8 Å². The van der Waals surface area contributed by atoms with Crippen LogP contribution in [0.1, 0.15) is 22.4 Å². The number of benzene rings is 3. The number of aryl methyl sites for hydroxylation is 2. The van der Waals surface area contributed by atoms with Crippen LogP contribution in [0.4, 0.5) is 10.9 Å². The fourth-order valence-electron chi connectivity index (χ4n) is 5.55. The number of hydrogen-bond donors (Lipinski definition) is 2. The van der Waals surface area contributed by atoms with Crippen LogP contribution in [0.3, 0.4) is 0 Å². The fraction of sp³-hybridized carbons (Fsp3) is 0.129. The van der Waals surface area contributed by atoms with E-state index in [9.17, 15) is 4.79 Å². The molecule has 0 radical (unpaired) electrons. The first-order chi connectivity index (χ1) is 19.9. The monoisotopic (exact) mass is 558 g/mol. The van der Waals surface area contributed by atoms with Crippen molar-refractivity contribution in [1.29, 1.82) is 0 Å². The molecule has 9 nitrogen and oxygen atoms in total. The highest BCUT2D eigenvalue weighted by Crippen LogP contribution is 2.35. The molecule has 0 aliphatic carbocycles. The molecule has 41 heavy (non-hydrogen) atoms. The molecule has 0 saturated carbocycles.